The number of carbonyl (C=O) groups is 1. The third-order valence-electron chi connectivity index (χ3n) is 7.41. The topological polar surface area (TPSA) is 110 Å². The van der Waals surface area contributed by atoms with Crippen LogP contribution in [0, 0.1) is 5.92 Å². The summed E-state index contributed by atoms with van der Waals surface area (Å²) < 4.78 is 26.1. The van der Waals surface area contributed by atoms with Gasteiger partial charge in [0.1, 0.15) is 17.3 Å². The lowest BCUT2D eigenvalue weighted by Crippen LogP contribution is -2.55. The molecule has 33 heavy (non-hydrogen) atoms. The first kappa shape index (κ1) is 22.6. The van der Waals surface area contributed by atoms with E-state index in [2.05, 4.69) is 10.2 Å². The zero-order valence-corrected chi connectivity index (χ0v) is 19.7. The van der Waals surface area contributed by atoms with Crippen molar-refractivity contribution in [1.82, 2.24) is 14.9 Å². The van der Waals surface area contributed by atoms with E-state index < -0.39 is 11.2 Å². The van der Waals surface area contributed by atoms with Gasteiger partial charge in [-0.25, -0.2) is 9.37 Å². The molecule has 3 aliphatic heterocycles. The van der Waals surface area contributed by atoms with Gasteiger partial charge in [0, 0.05) is 51.1 Å². The number of aryl methyl sites for hydroxylation is 1. The number of hydrogen-bond donors (Lipinski definition) is 2. The van der Waals surface area contributed by atoms with Crippen molar-refractivity contribution >= 4 is 28.8 Å². The number of fused-ring (bicyclic) bond motifs is 1. The third kappa shape index (κ3) is 4.48. The molecule has 0 bridgehead atoms. The Kier molecular flexibility index (Phi) is 6.09. The number of hydrogen-bond acceptors (Lipinski definition) is 7. The summed E-state index contributed by atoms with van der Waals surface area (Å²) >= 11 is -1.11. The lowest BCUT2D eigenvalue weighted by Gasteiger charge is -2.43. The first-order chi connectivity index (χ1) is 15.8. The summed E-state index contributed by atoms with van der Waals surface area (Å²) in [6, 6.07) is 0.0711. The number of allylic oxidation sites excluding steroid dienone is 3. The first-order valence-corrected chi connectivity index (χ1v) is 13.0. The fourth-order valence-corrected chi connectivity index (χ4v) is 6.57. The number of rotatable bonds is 4. The minimum atomic E-state index is -1.11. The molecule has 1 aliphatic carbocycles. The van der Waals surface area contributed by atoms with E-state index in [1.165, 1.54) is 6.08 Å². The van der Waals surface area contributed by atoms with E-state index in [1.54, 1.807) is 11.0 Å². The van der Waals surface area contributed by atoms with Crippen LogP contribution < -0.4 is 16.0 Å². The van der Waals surface area contributed by atoms with Crippen LogP contribution in [0.15, 0.2) is 29.0 Å². The number of nitrogens with one attached hydrogen (secondary N) is 1. The molecule has 0 saturated carbocycles. The van der Waals surface area contributed by atoms with Crippen molar-refractivity contribution in [2.24, 2.45) is 11.7 Å². The van der Waals surface area contributed by atoms with Gasteiger partial charge in [0.15, 0.2) is 5.82 Å². The molecule has 4 heterocycles. The van der Waals surface area contributed by atoms with E-state index in [9.17, 15) is 13.7 Å². The highest BCUT2D eigenvalue weighted by Crippen LogP contribution is 2.37. The van der Waals surface area contributed by atoms with Gasteiger partial charge in [-0.3, -0.25) is 4.79 Å². The molecule has 1 aromatic heterocycles. The lowest BCUT2D eigenvalue weighted by molar-refractivity contribution is -0.132. The zero-order chi connectivity index (χ0) is 23.2. The number of anilines is 2. The van der Waals surface area contributed by atoms with Gasteiger partial charge in [0.25, 0.3) is 0 Å². The summed E-state index contributed by atoms with van der Waals surface area (Å²) in [5.41, 5.74) is 7.23. The first-order valence-electron chi connectivity index (χ1n) is 11.7. The fraction of sp³-hybridized carbons (Fsp3) is 0.609. The van der Waals surface area contributed by atoms with Gasteiger partial charge in [0.2, 0.25) is 16.8 Å². The van der Waals surface area contributed by atoms with Gasteiger partial charge in [-0.2, -0.15) is 4.98 Å². The number of halogens is 1. The Labute approximate surface area is 196 Å². The van der Waals surface area contributed by atoms with Gasteiger partial charge < -0.3 is 25.4 Å². The van der Waals surface area contributed by atoms with Crippen LogP contribution >= 0.6 is 0 Å². The molecule has 0 aromatic carbocycles. The van der Waals surface area contributed by atoms with Crippen LogP contribution in [0.1, 0.15) is 37.8 Å². The van der Waals surface area contributed by atoms with Crippen molar-refractivity contribution in [3.8, 4) is 0 Å². The monoisotopic (exact) mass is 474 g/mol. The molecular formula is C23H31FN6O2S. The number of amides is 1. The van der Waals surface area contributed by atoms with Gasteiger partial charge in [-0.15, -0.1) is 0 Å². The van der Waals surface area contributed by atoms with Crippen molar-refractivity contribution in [1.29, 1.82) is 0 Å². The van der Waals surface area contributed by atoms with Crippen molar-refractivity contribution in [2.45, 2.75) is 55.0 Å². The predicted octanol–water partition coefficient (Wildman–Crippen LogP) is 1.90. The van der Waals surface area contributed by atoms with E-state index in [0.717, 1.165) is 38.0 Å². The van der Waals surface area contributed by atoms with Gasteiger partial charge in [-0.05, 0) is 54.9 Å². The minimum absolute atomic E-state index is 0.0711. The second kappa shape index (κ2) is 8.88. The molecule has 4 aliphatic rings. The van der Waals surface area contributed by atoms with E-state index in [1.807, 2.05) is 13.1 Å². The van der Waals surface area contributed by atoms with E-state index >= 15 is 0 Å². The lowest BCUT2D eigenvalue weighted by atomic mass is 9.74. The standard InChI is InChI=1S/C23H31FN6O2S/c1-29-14-17(6-7-19(29)31)26-21-20-18(8-13-33(20)32)27-22(28-21)30-11-9-23(25,10-12-30)15-2-4-16(24)5-3-15/h2,4-5,15,17H,3,6-14,25H2,1H3,(H,26,27,28)/t15?,17-,33?/m0/s1. The van der Waals surface area contributed by atoms with Gasteiger partial charge in [0.05, 0.1) is 0 Å². The quantitative estimate of drug-likeness (QED) is 0.641. The van der Waals surface area contributed by atoms with Crippen molar-refractivity contribution in [2.75, 3.05) is 42.7 Å². The highest BCUT2D eigenvalue weighted by atomic mass is 32.2. The van der Waals surface area contributed by atoms with Crippen LogP contribution in [0.3, 0.4) is 0 Å². The maximum absolute atomic E-state index is 13.4. The summed E-state index contributed by atoms with van der Waals surface area (Å²) in [5.74, 6) is 1.93. The van der Waals surface area contributed by atoms with Crippen molar-refractivity contribution in [3.63, 3.8) is 0 Å². The number of likely N-dealkylation sites (N-methyl/N-ethyl adjacent to an activating group) is 1. The Morgan fingerprint density at radius 1 is 1.30 bits per heavy atom. The molecule has 5 rings (SSSR count). The Morgan fingerprint density at radius 2 is 2.09 bits per heavy atom. The number of nitrogens with zero attached hydrogens (tertiary/aromatic N) is 4. The molecule has 3 atom stereocenters. The molecule has 2 unspecified atom stereocenters. The maximum Gasteiger partial charge on any atom is 0.227 e. The second-order valence-corrected chi connectivity index (χ2v) is 11.1. The summed E-state index contributed by atoms with van der Waals surface area (Å²) in [6.45, 7) is 2.03. The number of likely N-dealkylation sites (tertiary alicyclic amines) is 1. The van der Waals surface area contributed by atoms with Crippen molar-refractivity contribution in [3.05, 3.63) is 29.7 Å². The molecule has 1 aromatic rings. The van der Waals surface area contributed by atoms with Gasteiger partial charge in [-0.1, -0.05) is 6.08 Å². The Hall–Kier alpha value is -2.17. The number of carbonyl (C=O) groups excluding carboxylic acids is 1. The largest absolute Gasteiger partial charge is 0.611 e. The highest BCUT2D eigenvalue weighted by molar-refractivity contribution is 7.91. The zero-order valence-electron chi connectivity index (χ0n) is 18.9. The van der Waals surface area contributed by atoms with E-state index in [-0.39, 0.29) is 29.2 Å². The number of nitrogens with two attached hydrogens (primary N) is 1. The van der Waals surface area contributed by atoms with Crippen LogP contribution in [0.4, 0.5) is 16.2 Å². The van der Waals surface area contributed by atoms with Crippen LogP contribution in [-0.4, -0.2) is 69.3 Å². The molecular weight excluding hydrogens is 443 g/mol. The minimum Gasteiger partial charge on any atom is -0.611 e. The van der Waals surface area contributed by atoms with Crippen molar-refractivity contribution < 1.29 is 13.7 Å². The predicted molar refractivity (Wildman–Crippen MR) is 126 cm³/mol. The highest BCUT2D eigenvalue weighted by Gasteiger charge is 2.39. The molecule has 8 nitrogen and oxygen atoms in total. The SMILES string of the molecule is CN1C[C@@H](Nc2nc(N3CCC(N)(C4C=CC(F)=CC4)CC3)nc3c2[S+]([O-])CC3)CCC1=O. The second-order valence-electron chi connectivity index (χ2n) is 9.61. The normalized spacial score (nSPS) is 29.2. The Bertz CT molecular complexity index is 993. The number of aromatic nitrogens is 2. The average Bonchev–Trinajstić information content (AvgIpc) is 3.18. The van der Waals surface area contributed by atoms with Crippen LogP contribution in [0.2, 0.25) is 0 Å². The summed E-state index contributed by atoms with van der Waals surface area (Å²) in [5, 5.41) is 3.47. The Balaban J connectivity index is 1.33. The van der Waals surface area contributed by atoms with E-state index in [0.29, 0.717) is 48.2 Å². The van der Waals surface area contributed by atoms with Gasteiger partial charge >= 0.3 is 0 Å². The third-order valence-corrected chi connectivity index (χ3v) is 8.87. The molecule has 0 spiro atoms. The van der Waals surface area contributed by atoms with Crippen LogP contribution in [-0.2, 0) is 22.4 Å². The average molecular weight is 475 g/mol. The summed E-state index contributed by atoms with van der Waals surface area (Å²) in [4.78, 5) is 26.0. The number of piperidine rings is 2. The molecule has 2 saturated heterocycles. The van der Waals surface area contributed by atoms with E-state index in [4.69, 9.17) is 15.7 Å². The fourth-order valence-electron chi connectivity index (χ4n) is 5.26. The molecule has 2 fully saturated rings. The summed E-state index contributed by atoms with van der Waals surface area (Å²) in [6.07, 6.45) is 9.10. The molecule has 1 amide bonds. The maximum atomic E-state index is 13.4. The molecule has 10 heteroatoms. The Morgan fingerprint density at radius 3 is 2.79 bits per heavy atom. The smallest absolute Gasteiger partial charge is 0.227 e. The van der Waals surface area contributed by atoms with Crippen LogP contribution in [0.25, 0.3) is 0 Å². The molecule has 178 valence electrons. The van der Waals surface area contributed by atoms with Crippen LogP contribution in [0.5, 0.6) is 0 Å². The summed E-state index contributed by atoms with van der Waals surface area (Å²) in [7, 11) is 1.81. The molecule has 0 radical (unpaired) electrons. The molecule has 3 N–H and O–H groups in total.